The minimum absolute atomic E-state index is 0.690. The molecule has 0 aromatic heterocycles. The largest absolute Gasteiger partial charge is 0.380 e. The van der Waals surface area contributed by atoms with Gasteiger partial charge in [-0.05, 0) is 51.7 Å². The molecule has 1 rings (SSSR count). The molecule has 1 atom stereocenters. The van der Waals surface area contributed by atoms with Crippen molar-refractivity contribution in [1.82, 2.24) is 10.2 Å². The smallest absolute Gasteiger partial charge is 0.0591 e. The highest BCUT2D eigenvalue weighted by Crippen LogP contribution is 2.11. The summed E-state index contributed by atoms with van der Waals surface area (Å²) in [5.74, 6) is 0. The third-order valence-electron chi connectivity index (χ3n) is 3.51. The van der Waals surface area contributed by atoms with Crippen LogP contribution in [0.25, 0.3) is 0 Å². The van der Waals surface area contributed by atoms with E-state index in [1.165, 1.54) is 45.3 Å². The number of nitrogens with zero attached hydrogens (tertiary/aromatic N) is 1. The minimum Gasteiger partial charge on any atom is -0.380 e. The Bertz CT molecular complexity index is 209. The Balaban J connectivity index is 2.03. The molecule has 1 fully saturated rings. The first-order chi connectivity index (χ1) is 8.86. The zero-order chi connectivity index (χ0) is 13.1. The van der Waals surface area contributed by atoms with Gasteiger partial charge in [0.2, 0.25) is 0 Å². The Labute approximate surface area is 113 Å². The van der Waals surface area contributed by atoms with Crippen LogP contribution >= 0.6 is 0 Å². The van der Waals surface area contributed by atoms with Gasteiger partial charge < -0.3 is 15.0 Å². The Hall–Kier alpha value is -0.380. The van der Waals surface area contributed by atoms with E-state index in [4.69, 9.17) is 4.74 Å². The quantitative estimate of drug-likeness (QED) is 0.505. The predicted molar refractivity (Wildman–Crippen MR) is 78.0 cm³/mol. The van der Waals surface area contributed by atoms with Crippen LogP contribution in [-0.4, -0.2) is 50.3 Å². The van der Waals surface area contributed by atoms with Crippen molar-refractivity contribution in [2.24, 2.45) is 0 Å². The van der Waals surface area contributed by atoms with Gasteiger partial charge in [0.05, 0.1) is 13.2 Å². The van der Waals surface area contributed by atoms with E-state index in [2.05, 4.69) is 23.7 Å². The van der Waals surface area contributed by atoms with Crippen molar-refractivity contribution < 1.29 is 4.74 Å². The van der Waals surface area contributed by atoms with E-state index in [0.29, 0.717) is 6.04 Å². The molecule has 0 radical (unpaired) electrons. The predicted octanol–water partition coefficient (Wildman–Crippen LogP) is 2.43. The number of rotatable bonds is 9. The van der Waals surface area contributed by atoms with Crippen LogP contribution in [0.15, 0.2) is 12.7 Å². The molecule has 1 aliphatic rings. The molecule has 1 unspecified atom stereocenters. The number of nitrogens with one attached hydrogen (secondary N) is 1. The van der Waals surface area contributed by atoms with Crippen LogP contribution in [0.3, 0.4) is 0 Å². The molecule has 0 bridgehead atoms. The zero-order valence-electron chi connectivity index (χ0n) is 12.0. The van der Waals surface area contributed by atoms with E-state index in [1.807, 2.05) is 6.08 Å². The Kier molecular flexibility index (Phi) is 9.17. The van der Waals surface area contributed by atoms with Crippen LogP contribution in [0.1, 0.15) is 39.0 Å². The summed E-state index contributed by atoms with van der Waals surface area (Å²) >= 11 is 0. The topological polar surface area (TPSA) is 24.5 Å². The van der Waals surface area contributed by atoms with Crippen LogP contribution in [0.2, 0.25) is 0 Å². The molecule has 0 spiro atoms. The summed E-state index contributed by atoms with van der Waals surface area (Å²) in [4.78, 5) is 2.60. The van der Waals surface area contributed by atoms with Gasteiger partial charge in [0.25, 0.3) is 0 Å². The summed E-state index contributed by atoms with van der Waals surface area (Å²) < 4.78 is 5.51. The van der Waals surface area contributed by atoms with Crippen molar-refractivity contribution in [2.75, 3.05) is 39.4 Å². The van der Waals surface area contributed by atoms with Gasteiger partial charge in [-0.15, -0.1) is 6.58 Å². The van der Waals surface area contributed by atoms with Gasteiger partial charge in [0, 0.05) is 12.6 Å². The highest BCUT2D eigenvalue weighted by molar-refractivity contribution is 4.74. The lowest BCUT2D eigenvalue weighted by atomic mass is 10.1. The number of hydrogen-bond acceptors (Lipinski definition) is 3. The summed E-state index contributed by atoms with van der Waals surface area (Å²) in [5.41, 5.74) is 0. The third-order valence-corrected chi connectivity index (χ3v) is 3.51. The zero-order valence-corrected chi connectivity index (χ0v) is 12.0. The van der Waals surface area contributed by atoms with Crippen LogP contribution in [0.5, 0.6) is 0 Å². The number of likely N-dealkylation sites (tertiary alicyclic amines) is 1. The average molecular weight is 254 g/mol. The van der Waals surface area contributed by atoms with E-state index in [0.717, 1.165) is 26.2 Å². The lowest BCUT2D eigenvalue weighted by Gasteiger charge is -2.19. The Morgan fingerprint density at radius 1 is 1.33 bits per heavy atom. The van der Waals surface area contributed by atoms with E-state index in [9.17, 15) is 0 Å². The molecule has 1 heterocycles. The summed E-state index contributed by atoms with van der Waals surface area (Å²) in [6.07, 6.45) is 8.06. The summed E-state index contributed by atoms with van der Waals surface area (Å²) in [5, 5.41) is 3.62. The van der Waals surface area contributed by atoms with Gasteiger partial charge in [0.1, 0.15) is 0 Å². The molecule has 18 heavy (non-hydrogen) atoms. The molecule has 1 N–H and O–H groups in total. The molecular formula is C15H30N2O. The molecule has 1 saturated heterocycles. The molecule has 3 heteroatoms. The van der Waals surface area contributed by atoms with Crippen molar-refractivity contribution in [3.63, 3.8) is 0 Å². The fraction of sp³-hybridized carbons (Fsp3) is 0.867. The van der Waals surface area contributed by atoms with Crippen molar-refractivity contribution in [3.8, 4) is 0 Å². The lowest BCUT2D eigenvalue weighted by Crippen LogP contribution is -2.33. The maximum atomic E-state index is 5.51. The van der Waals surface area contributed by atoms with E-state index in [-0.39, 0.29) is 0 Å². The molecule has 0 amide bonds. The second-order valence-corrected chi connectivity index (χ2v) is 5.11. The Morgan fingerprint density at radius 3 is 3.00 bits per heavy atom. The van der Waals surface area contributed by atoms with Gasteiger partial charge in [-0.2, -0.15) is 0 Å². The molecular weight excluding hydrogens is 224 g/mol. The Morgan fingerprint density at radius 2 is 2.22 bits per heavy atom. The van der Waals surface area contributed by atoms with Crippen molar-refractivity contribution in [1.29, 1.82) is 0 Å². The second kappa shape index (κ2) is 10.5. The summed E-state index contributed by atoms with van der Waals surface area (Å²) in [7, 11) is 0. The first kappa shape index (κ1) is 15.7. The van der Waals surface area contributed by atoms with Crippen molar-refractivity contribution in [3.05, 3.63) is 12.7 Å². The van der Waals surface area contributed by atoms with Crippen LogP contribution in [0, 0.1) is 0 Å². The van der Waals surface area contributed by atoms with Crippen LogP contribution < -0.4 is 5.32 Å². The molecule has 3 nitrogen and oxygen atoms in total. The first-order valence-electron chi connectivity index (χ1n) is 7.51. The van der Waals surface area contributed by atoms with Gasteiger partial charge >= 0.3 is 0 Å². The average Bonchev–Trinajstić information content (AvgIpc) is 2.60. The summed E-state index contributed by atoms with van der Waals surface area (Å²) in [6.45, 7) is 12.4. The maximum Gasteiger partial charge on any atom is 0.0591 e. The highest BCUT2D eigenvalue weighted by Gasteiger charge is 2.15. The normalized spacial score (nSPS) is 21.7. The van der Waals surface area contributed by atoms with E-state index in [1.54, 1.807) is 0 Å². The maximum absolute atomic E-state index is 5.51. The number of hydrogen-bond donors (Lipinski definition) is 1. The van der Waals surface area contributed by atoms with Crippen molar-refractivity contribution >= 4 is 0 Å². The second-order valence-electron chi connectivity index (χ2n) is 5.11. The fourth-order valence-electron chi connectivity index (χ4n) is 2.50. The van der Waals surface area contributed by atoms with Crippen LogP contribution in [-0.2, 0) is 4.74 Å². The minimum atomic E-state index is 0.690. The van der Waals surface area contributed by atoms with E-state index < -0.39 is 0 Å². The molecule has 0 aromatic carbocycles. The molecule has 106 valence electrons. The lowest BCUT2D eigenvalue weighted by molar-refractivity contribution is 0.137. The molecule has 0 saturated carbocycles. The van der Waals surface area contributed by atoms with Crippen molar-refractivity contribution in [2.45, 2.75) is 45.1 Å². The molecule has 1 aliphatic heterocycles. The fourth-order valence-corrected chi connectivity index (χ4v) is 2.50. The number of ether oxygens (including phenoxy) is 1. The SMILES string of the molecule is C=CCCOCCNC1CCCN(CCC)CC1. The first-order valence-corrected chi connectivity index (χ1v) is 7.51. The monoisotopic (exact) mass is 254 g/mol. The van der Waals surface area contributed by atoms with Gasteiger partial charge in [-0.1, -0.05) is 13.0 Å². The van der Waals surface area contributed by atoms with Crippen LogP contribution in [0.4, 0.5) is 0 Å². The summed E-state index contributed by atoms with van der Waals surface area (Å²) in [6, 6.07) is 0.690. The van der Waals surface area contributed by atoms with Gasteiger partial charge in [-0.3, -0.25) is 0 Å². The highest BCUT2D eigenvalue weighted by atomic mass is 16.5. The molecule has 0 aliphatic carbocycles. The standard InChI is InChI=1S/C15H30N2O/c1-3-5-13-18-14-9-16-15-7-6-11-17(10-4-2)12-8-15/h3,15-16H,1,4-14H2,2H3. The molecule has 0 aromatic rings. The van der Waals surface area contributed by atoms with Gasteiger partial charge in [-0.25, -0.2) is 0 Å². The van der Waals surface area contributed by atoms with Gasteiger partial charge in [0.15, 0.2) is 0 Å². The van der Waals surface area contributed by atoms with E-state index >= 15 is 0 Å². The third kappa shape index (κ3) is 7.14.